The van der Waals surface area contributed by atoms with E-state index in [4.69, 9.17) is 0 Å². The molecule has 5 heteroatoms. The molecule has 2 rings (SSSR count). The van der Waals surface area contributed by atoms with Gasteiger partial charge in [-0.25, -0.2) is 4.79 Å². The van der Waals surface area contributed by atoms with E-state index in [1.165, 1.54) is 5.56 Å². The third-order valence-electron chi connectivity index (χ3n) is 3.82. The lowest BCUT2D eigenvalue weighted by Gasteiger charge is -2.25. The Morgan fingerprint density at radius 1 is 1.18 bits per heavy atom. The number of amides is 3. The van der Waals surface area contributed by atoms with Gasteiger partial charge < -0.3 is 15.5 Å². The predicted octanol–water partition coefficient (Wildman–Crippen LogP) is 2.43. The first-order valence-electron chi connectivity index (χ1n) is 7.79. The molecule has 1 aromatic carbocycles. The Kier molecular flexibility index (Phi) is 5.06. The summed E-state index contributed by atoms with van der Waals surface area (Å²) in [5.41, 5.74) is 4.29. The highest BCUT2D eigenvalue weighted by atomic mass is 16.2. The van der Waals surface area contributed by atoms with E-state index in [-0.39, 0.29) is 11.9 Å². The first-order valence-corrected chi connectivity index (χ1v) is 7.79. The number of hydrogen-bond acceptors (Lipinski definition) is 2. The van der Waals surface area contributed by atoms with Gasteiger partial charge in [-0.3, -0.25) is 4.79 Å². The Labute approximate surface area is 132 Å². The Bertz CT molecular complexity index is 556. The topological polar surface area (TPSA) is 61.4 Å². The summed E-state index contributed by atoms with van der Waals surface area (Å²) in [6.07, 6.45) is 2.13. The molecular formula is C17H25N3O2. The minimum absolute atomic E-state index is 0.0144. The number of carbonyl (C=O) groups excluding carboxylic acids is 2. The highest BCUT2D eigenvalue weighted by Crippen LogP contribution is 2.26. The summed E-state index contributed by atoms with van der Waals surface area (Å²) in [5.74, 6) is -0.0144. The second kappa shape index (κ2) is 6.81. The maximum atomic E-state index is 12.0. The molecule has 3 amide bonds. The van der Waals surface area contributed by atoms with Gasteiger partial charge in [0, 0.05) is 31.7 Å². The number of hydrogen-bond donors (Lipinski definition) is 2. The Hall–Kier alpha value is -2.04. The monoisotopic (exact) mass is 303 g/mol. The van der Waals surface area contributed by atoms with Gasteiger partial charge in [0.2, 0.25) is 5.91 Å². The average molecular weight is 303 g/mol. The van der Waals surface area contributed by atoms with Crippen molar-refractivity contribution in [1.82, 2.24) is 10.6 Å². The summed E-state index contributed by atoms with van der Waals surface area (Å²) in [7, 11) is 0. The summed E-state index contributed by atoms with van der Waals surface area (Å²) in [6, 6.07) is 4.34. The zero-order valence-electron chi connectivity index (χ0n) is 13.8. The van der Waals surface area contributed by atoms with Crippen LogP contribution in [0.1, 0.15) is 36.5 Å². The van der Waals surface area contributed by atoms with Gasteiger partial charge in [0.05, 0.1) is 0 Å². The number of rotatable bonds is 5. The first-order chi connectivity index (χ1) is 10.4. The molecule has 0 heterocycles. The largest absolute Gasteiger partial charge is 0.336 e. The van der Waals surface area contributed by atoms with Gasteiger partial charge in [0.15, 0.2) is 0 Å². The number of benzene rings is 1. The van der Waals surface area contributed by atoms with Gasteiger partial charge in [0.25, 0.3) is 0 Å². The Morgan fingerprint density at radius 2 is 1.77 bits per heavy atom. The van der Waals surface area contributed by atoms with Gasteiger partial charge in [-0.1, -0.05) is 17.7 Å². The third-order valence-corrected chi connectivity index (χ3v) is 3.82. The highest BCUT2D eigenvalue weighted by molar-refractivity contribution is 5.93. The molecule has 0 aromatic heterocycles. The minimum atomic E-state index is -0.150. The van der Waals surface area contributed by atoms with E-state index >= 15 is 0 Å². The Morgan fingerprint density at radius 3 is 2.27 bits per heavy atom. The number of carbonyl (C=O) groups is 2. The van der Waals surface area contributed by atoms with Crippen molar-refractivity contribution in [3.05, 3.63) is 28.8 Å². The maximum Gasteiger partial charge on any atom is 0.315 e. The molecule has 0 saturated heterocycles. The molecule has 1 aliphatic rings. The summed E-state index contributed by atoms with van der Waals surface area (Å²) >= 11 is 0. The second-order valence-corrected chi connectivity index (χ2v) is 6.09. The summed E-state index contributed by atoms with van der Waals surface area (Å²) in [5, 5.41) is 5.69. The van der Waals surface area contributed by atoms with Gasteiger partial charge in [-0.2, -0.15) is 0 Å². The van der Waals surface area contributed by atoms with Crippen molar-refractivity contribution in [3.8, 4) is 0 Å². The van der Waals surface area contributed by atoms with Crippen LogP contribution in [0.3, 0.4) is 0 Å². The van der Waals surface area contributed by atoms with E-state index in [1.807, 2.05) is 20.8 Å². The number of anilines is 1. The van der Waals surface area contributed by atoms with E-state index in [1.54, 1.807) is 11.8 Å². The average Bonchev–Trinajstić information content (AvgIpc) is 3.19. The van der Waals surface area contributed by atoms with Crippen LogP contribution >= 0.6 is 0 Å². The molecular weight excluding hydrogens is 278 g/mol. The molecule has 0 bridgehead atoms. The smallest absolute Gasteiger partial charge is 0.315 e. The normalized spacial score (nSPS) is 13.6. The number of aryl methyl sites for hydroxylation is 3. The molecule has 22 heavy (non-hydrogen) atoms. The first kappa shape index (κ1) is 16.3. The van der Waals surface area contributed by atoms with Gasteiger partial charge in [-0.15, -0.1) is 0 Å². The van der Waals surface area contributed by atoms with E-state index in [0.29, 0.717) is 19.1 Å². The SMILES string of the molecule is CC(=O)N(CCNC(=O)NC1CC1)c1c(C)cc(C)cc1C. The Balaban J connectivity index is 2.00. The van der Waals surface area contributed by atoms with Crippen LogP contribution in [0.4, 0.5) is 10.5 Å². The van der Waals surface area contributed by atoms with Crippen LogP contribution in [0.25, 0.3) is 0 Å². The van der Waals surface area contributed by atoms with Crippen molar-refractivity contribution in [1.29, 1.82) is 0 Å². The molecule has 1 aliphatic carbocycles. The van der Waals surface area contributed by atoms with Crippen LogP contribution in [0.2, 0.25) is 0 Å². The molecule has 1 aromatic rings. The van der Waals surface area contributed by atoms with Crippen LogP contribution < -0.4 is 15.5 Å². The fourth-order valence-corrected chi connectivity index (χ4v) is 2.77. The number of nitrogens with one attached hydrogen (secondary N) is 2. The van der Waals surface area contributed by atoms with Gasteiger partial charge >= 0.3 is 6.03 Å². The summed E-state index contributed by atoms with van der Waals surface area (Å²) in [4.78, 5) is 25.4. The lowest BCUT2D eigenvalue weighted by molar-refractivity contribution is -0.116. The molecule has 0 aliphatic heterocycles. The summed E-state index contributed by atoms with van der Waals surface area (Å²) < 4.78 is 0. The highest BCUT2D eigenvalue weighted by Gasteiger charge is 2.23. The molecule has 0 radical (unpaired) electrons. The predicted molar refractivity (Wildman–Crippen MR) is 88.2 cm³/mol. The van der Waals surface area contributed by atoms with Crippen molar-refractivity contribution in [2.24, 2.45) is 0 Å². The molecule has 0 unspecified atom stereocenters. The van der Waals surface area contributed by atoms with Crippen molar-refractivity contribution in [3.63, 3.8) is 0 Å². The number of nitrogens with zero attached hydrogens (tertiary/aromatic N) is 1. The van der Waals surface area contributed by atoms with E-state index in [2.05, 4.69) is 22.8 Å². The van der Waals surface area contributed by atoms with Crippen molar-refractivity contribution in [2.45, 2.75) is 46.6 Å². The molecule has 5 nitrogen and oxygen atoms in total. The van der Waals surface area contributed by atoms with Crippen LogP contribution in [-0.2, 0) is 4.79 Å². The standard InChI is InChI=1S/C17H25N3O2/c1-11-9-12(2)16(13(3)10-11)20(14(4)21)8-7-18-17(22)19-15-5-6-15/h9-10,15H,5-8H2,1-4H3,(H2,18,19,22). The fourth-order valence-electron chi connectivity index (χ4n) is 2.77. The third kappa shape index (κ3) is 4.23. The summed E-state index contributed by atoms with van der Waals surface area (Å²) in [6.45, 7) is 8.54. The molecule has 0 spiro atoms. The molecule has 1 saturated carbocycles. The van der Waals surface area contributed by atoms with Crippen molar-refractivity contribution in [2.75, 3.05) is 18.0 Å². The molecule has 120 valence electrons. The maximum absolute atomic E-state index is 12.0. The quantitative estimate of drug-likeness (QED) is 0.877. The molecule has 1 fully saturated rings. The van der Waals surface area contributed by atoms with Crippen LogP contribution in [-0.4, -0.2) is 31.1 Å². The minimum Gasteiger partial charge on any atom is -0.336 e. The van der Waals surface area contributed by atoms with Crippen LogP contribution in [0, 0.1) is 20.8 Å². The zero-order valence-corrected chi connectivity index (χ0v) is 13.8. The lowest BCUT2D eigenvalue weighted by Crippen LogP contribution is -2.42. The van der Waals surface area contributed by atoms with Crippen LogP contribution in [0.15, 0.2) is 12.1 Å². The zero-order chi connectivity index (χ0) is 16.3. The fraction of sp³-hybridized carbons (Fsp3) is 0.529. The van der Waals surface area contributed by atoms with Crippen molar-refractivity contribution < 1.29 is 9.59 Å². The van der Waals surface area contributed by atoms with Crippen LogP contribution in [0.5, 0.6) is 0 Å². The van der Waals surface area contributed by atoms with E-state index in [0.717, 1.165) is 29.7 Å². The number of urea groups is 1. The molecule has 2 N–H and O–H groups in total. The second-order valence-electron chi connectivity index (χ2n) is 6.09. The van der Waals surface area contributed by atoms with E-state index < -0.39 is 0 Å². The molecule has 0 atom stereocenters. The van der Waals surface area contributed by atoms with Crippen molar-refractivity contribution >= 4 is 17.6 Å². The lowest BCUT2D eigenvalue weighted by atomic mass is 10.0. The van der Waals surface area contributed by atoms with Gasteiger partial charge in [-0.05, 0) is 44.7 Å². The van der Waals surface area contributed by atoms with E-state index in [9.17, 15) is 9.59 Å². The van der Waals surface area contributed by atoms with Gasteiger partial charge in [0.1, 0.15) is 0 Å².